The van der Waals surface area contributed by atoms with E-state index in [-0.39, 0.29) is 37.2 Å². The predicted octanol–water partition coefficient (Wildman–Crippen LogP) is 3.05. The normalized spacial score (nSPS) is 16.4. The number of benzene rings is 2. The molecule has 44 heavy (non-hydrogen) atoms. The van der Waals surface area contributed by atoms with Crippen molar-refractivity contribution in [3.05, 3.63) is 72.3 Å². The van der Waals surface area contributed by atoms with Gasteiger partial charge in [-0.3, -0.25) is 14.4 Å². The van der Waals surface area contributed by atoms with Gasteiger partial charge in [0, 0.05) is 42.3 Å². The maximum absolute atomic E-state index is 13.9. The number of hydrogen-bond acceptors (Lipinski definition) is 7. The third-order valence-electron chi connectivity index (χ3n) is 7.43. The van der Waals surface area contributed by atoms with Crippen LogP contribution in [0.4, 0.5) is 0 Å². The zero-order valence-corrected chi connectivity index (χ0v) is 25.3. The van der Waals surface area contributed by atoms with E-state index in [9.17, 15) is 14.4 Å². The van der Waals surface area contributed by atoms with Crippen molar-refractivity contribution in [2.75, 3.05) is 33.4 Å². The molecule has 12 heteroatoms. The van der Waals surface area contributed by atoms with E-state index in [1.165, 1.54) is 4.90 Å². The van der Waals surface area contributed by atoms with Crippen LogP contribution in [0.2, 0.25) is 0 Å². The summed E-state index contributed by atoms with van der Waals surface area (Å²) in [6.45, 7) is 6.12. The molecule has 0 radical (unpaired) electrons. The van der Waals surface area contributed by atoms with Gasteiger partial charge < -0.3 is 34.6 Å². The van der Waals surface area contributed by atoms with Gasteiger partial charge in [-0.2, -0.15) is 0 Å². The highest BCUT2D eigenvalue weighted by atomic mass is 16.5. The third kappa shape index (κ3) is 6.74. The number of amides is 3. The fraction of sp³-hybridized carbons (Fsp3) is 0.344. The summed E-state index contributed by atoms with van der Waals surface area (Å²) >= 11 is 0. The minimum atomic E-state index is -0.787. The van der Waals surface area contributed by atoms with Crippen LogP contribution in [-0.2, 0) is 16.1 Å². The van der Waals surface area contributed by atoms with Gasteiger partial charge in [0.1, 0.15) is 36.5 Å². The molecule has 0 spiro atoms. The molecule has 1 aliphatic rings. The fourth-order valence-corrected chi connectivity index (χ4v) is 5.08. The average Bonchev–Trinajstić information content (AvgIpc) is 3.65. The molecule has 0 fully saturated rings. The van der Waals surface area contributed by atoms with E-state index in [4.69, 9.17) is 9.47 Å². The number of carbonyl (C=O) groups excluding carboxylic acids is 3. The number of hydrogen-bond donors (Lipinski definition) is 3. The largest absolute Gasteiger partial charge is 0.493 e. The van der Waals surface area contributed by atoms with Crippen LogP contribution >= 0.6 is 0 Å². The number of nitrogens with one attached hydrogen (secondary N) is 3. The van der Waals surface area contributed by atoms with Crippen LogP contribution in [0.3, 0.4) is 0 Å². The van der Waals surface area contributed by atoms with Crippen molar-refractivity contribution in [3.63, 3.8) is 0 Å². The van der Waals surface area contributed by atoms with Crippen LogP contribution in [0, 0.1) is 12.8 Å². The Bertz CT molecular complexity index is 1630. The van der Waals surface area contributed by atoms with Crippen molar-refractivity contribution in [2.45, 2.75) is 33.4 Å². The number of ether oxygens (including phenoxy) is 2. The maximum atomic E-state index is 13.9. The Labute approximate surface area is 255 Å². The van der Waals surface area contributed by atoms with Crippen LogP contribution in [0.5, 0.6) is 11.5 Å². The number of imidazole rings is 2. The Balaban J connectivity index is 1.47. The zero-order valence-electron chi connectivity index (χ0n) is 25.3. The number of nitrogens with zero attached hydrogens (tertiary/aromatic N) is 4. The van der Waals surface area contributed by atoms with Gasteiger partial charge in [-0.05, 0) is 31.0 Å². The molecule has 3 heterocycles. The average molecular weight is 600 g/mol. The molecule has 12 nitrogen and oxygen atoms in total. The summed E-state index contributed by atoms with van der Waals surface area (Å²) in [6.07, 6.45) is 3.53. The lowest BCUT2D eigenvalue weighted by atomic mass is 10.0. The molecule has 0 saturated heterocycles. The number of aromatic amines is 1. The number of carbonyl (C=O) groups is 3. The Hall–Kier alpha value is -5.13. The molecule has 2 aromatic carbocycles. The predicted molar refractivity (Wildman–Crippen MR) is 164 cm³/mol. The lowest BCUT2D eigenvalue weighted by Gasteiger charge is -2.25. The second kappa shape index (κ2) is 13.4. The molecule has 2 aromatic heterocycles. The van der Waals surface area contributed by atoms with Crippen molar-refractivity contribution >= 4 is 17.7 Å². The Morgan fingerprint density at radius 1 is 1.09 bits per heavy atom. The standard InChI is InChI=1S/C32H37N7O5/c1-20(2)27-31(41)34-13-15-38-14-12-33-30(38)23-10-11-24(43-4)25(18-23)44-17-16-39(19-26(40)36-27)32(42)28-21(3)35-29(37-28)22-8-6-5-7-9-22/h5-12,14,18,20,27H,13,15-17,19H2,1-4H3,(H,34,41)(H,35,37)(H,36,40)/t27-/m1/s1. The SMILES string of the molecule is COc1ccc2cc1OCCN(C(=O)c1nc(-c3ccccc3)[nH]c1C)CC(=O)N[C@H](C(C)C)C(=O)NCCn1ccnc1-2. The van der Waals surface area contributed by atoms with Gasteiger partial charge in [-0.15, -0.1) is 0 Å². The number of H-pyrrole nitrogens is 1. The minimum absolute atomic E-state index is 0.0659. The van der Waals surface area contributed by atoms with E-state index < -0.39 is 17.9 Å². The van der Waals surface area contributed by atoms with Gasteiger partial charge in [0.25, 0.3) is 5.91 Å². The fourth-order valence-electron chi connectivity index (χ4n) is 5.08. The smallest absolute Gasteiger partial charge is 0.274 e. The minimum Gasteiger partial charge on any atom is -0.493 e. The molecular formula is C32H37N7O5. The monoisotopic (exact) mass is 599 g/mol. The summed E-state index contributed by atoms with van der Waals surface area (Å²) in [5, 5.41) is 5.76. The van der Waals surface area contributed by atoms with Crippen molar-refractivity contribution < 1.29 is 23.9 Å². The molecule has 1 aliphatic heterocycles. The van der Waals surface area contributed by atoms with Gasteiger partial charge in [-0.25, -0.2) is 9.97 Å². The maximum Gasteiger partial charge on any atom is 0.274 e. The summed E-state index contributed by atoms with van der Waals surface area (Å²) in [4.78, 5) is 54.0. The van der Waals surface area contributed by atoms with E-state index in [1.807, 2.05) is 67.1 Å². The highest BCUT2D eigenvalue weighted by Crippen LogP contribution is 2.32. The van der Waals surface area contributed by atoms with Crippen LogP contribution < -0.4 is 20.1 Å². The van der Waals surface area contributed by atoms with Gasteiger partial charge in [0.15, 0.2) is 11.5 Å². The van der Waals surface area contributed by atoms with Crippen molar-refractivity contribution in [1.82, 2.24) is 35.1 Å². The van der Waals surface area contributed by atoms with Crippen LogP contribution in [0.25, 0.3) is 22.8 Å². The molecule has 2 bridgehead atoms. The lowest BCUT2D eigenvalue weighted by molar-refractivity contribution is -0.130. The number of fused-ring (bicyclic) bond motifs is 4. The van der Waals surface area contributed by atoms with E-state index in [2.05, 4.69) is 25.6 Å². The molecule has 230 valence electrons. The van der Waals surface area contributed by atoms with Gasteiger partial charge in [0.2, 0.25) is 11.8 Å². The molecule has 0 unspecified atom stereocenters. The van der Waals surface area contributed by atoms with E-state index >= 15 is 0 Å². The molecule has 0 saturated carbocycles. The van der Waals surface area contributed by atoms with E-state index in [0.29, 0.717) is 41.9 Å². The lowest BCUT2D eigenvalue weighted by Crippen LogP contribution is -2.53. The van der Waals surface area contributed by atoms with Gasteiger partial charge >= 0.3 is 0 Å². The topological polar surface area (TPSA) is 143 Å². The van der Waals surface area contributed by atoms with Crippen molar-refractivity contribution in [1.29, 1.82) is 0 Å². The Kier molecular flexibility index (Phi) is 9.27. The summed E-state index contributed by atoms with van der Waals surface area (Å²) in [7, 11) is 1.55. The summed E-state index contributed by atoms with van der Waals surface area (Å²) in [6, 6.07) is 14.2. The molecule has 3 amide bonds. The van der Waals surface area contributed by atoms with Crippen molar-refractivity contribution in [3.8, 4) is 34.3 Å². The Morgan fingerprint density at radius 3 is 2.64 bits per heavy atom. The van der Waals surface area contributed by atoms with E-state index in [0.717, 1.165) is 11.1 Å². The summed E-state index contributed by atoms with van der Waals surface area (Å²) in [5.74, 6) is 0.838. The first-order chi connectivity index (χ1) is 21.2. The zero-order chi connectivity index (χ0) is 31.2. The highest BCUT2D eigenvalue weighted by molar-refractivity contribution is 5.97. The molecular weight excluding hydrogens is 562 g/mol. The first kappa shape index (κ1) is 30.3. The van der Waals surface area contributed by atoms with Gasteiger partial charge in [0.05, 0.1) is 13.7 Å². The molecule has 4 aromatic rings. The Morgan fingerprint density at radius 2 is 1.89 bits per heavy atom. The molecule has 0 aliphatic carbocycles. The highest BCUT2D eigenvalue weighted by Gasteiger charge is 2.28. The molecule has 1 atom stereocenters. The number of aryl methyl sites for hydroxylation is 1. The van der Waals surface area contributed by atoms with Crippen LogP contribution in [0.1, 0.15) is 30.0 Å². The second-order valence-corrected chi connectivity index (χ2v) is 10.9. The third-order valence-corrected chi connectivity index (χ3v) is 7.43. The number of methoxy groups -OCH3 is 1. The number of aromatic nitrogens is 4. The second-order valence-electron chi connectivity index (χ2n) is 10.9. The number of rotatable bonds is 4. The summed E-state index contributed by atoms with van der Waals surface area (Å²) in [5.41, 5.74) is 2.40. The first-order valence-corrected chi connectivity index (χ1v) is 14.6. The van der Waals surface area contributed by atoms with Crippen LogP contribution in [-0.4, -0.2) is 81.5 Å². The molecule has 3 N–H and O–H groups in total. The van der Waals surface area contributed by atoms with E-state index in [1.54, 1.807) is 26.3 Å². The van der Waals surface area contributed by atoms with Crippen molar-refractivity contribution in [2.24, 2.45) is 5.92 Å². The summed E-state index contributed by atoms with van der Waals surface area (Å²) < 4.78 is 13.6. The van der Waals surface area contributed by atoms with Gasteiger partial charge in [-0.1, -0.05) is 44.2 Å². The quantitative estimate of drug-likeness (QED) is 0.327. The first-order valence-electron chi connectivity index (χ1n) is 14.6. The molecule has 5 rings (SSSR count). The van der Waals surface area contributed by atoms with Crippen LogP contribution in [0.15, 0.2) is 60.9 Å².